The van der Waals surface area contributed by atoms with Crippen LogP contribution in [0.3, 0.4) is 0 Å². The van der Waals surface area contributed by atoms with Crippen molar-refractivity contribution in [1.29, 1.82) is 0 Å². The number of aliphatic hydroxyl groups is 1. The monoisotopic (exact) mass is 551 g/mol. The molecule has 0 fully saturated rings. The number of carbonyl (C=O) groups is 1. The highest BCUT2D eigenvalue weighted by Gasteiger charge is 2.24. The lowest BCUT2D eigenvalue weighted by molar-refractivity contribution is 0.0825. The quantitative estimate of drug-likeness (QED) is 0.217. The van der Waals surface area contributed by atoms with E-state index in [2.05, 4.69) is 34.7 Å². The molecular formula is C30H31F2N3O3S. The summed E-state index contributed by atoms with van der Waals surface area (Å²) in [5, 5.41) is 19.2. The summed E-state index contributed by atoms with van der Waals surface area (Å²) in [5.74, 6) is -1.24. The van der Waals surface area contributed by atoms with Crippen LogP contribution < -0.4 is 15.4 Å². The first-order chi connectivity index (χ1) is 18.9. The van der Waals surface area contributed by atoms with E-state index < -0.39 is 29.7 Å². The van der Waals surface area contributed by atoms with Crippen LogP contribution in [0.2, 0.25) is 0 Å². The second-order valence-electron chi connectivity index (χ2n) is 9.16. The van der Waals surface area contributed by atoms with Gasteiger partial charge in [0.25, 0.3) is 5.91 Å². The number of rotatable bonds is 13. The molecule has 0 aliphatic heterocycles. The third-order valence-electron chi connectivity index (χ3n) is 6.13. The van der Waals surface area contributed by atoms with Crippen LogP contribution in [-0.2, 0) is 26.0 Å². The highest BCUT2D eigenvalue weighted by Crippen LogP contribution is 2.17. The van der Waals surface area contributed by atoms with Crippen molar-refractivity contribution in [1.82, 2.24) is 15.6 Å². The number of nitrogens with zero attached hydrogens (tertiary/aromatic N) is 1. The molecule has 1 aromatic heterocycles. The van der Waals surface area contributed by atoms with Gasteiger partial charge < -0.3 is 20.5 Å². The number of hydrogen-bond donors (Lipinski definition) is 3. The first-order valence-corrected chi connectivity index (χ1v) is 13.6. The van der Waals surface area contributed by atoms with Crippen LogP contribution in [0, 0.1) is 11.6 Å². The van der Waals surface area contributed by atoms with Crippen molar-refractivity contribution < 1.29 is 23.4 Å². The van der Waals surface area contributed by atoms with E-state index in [1.54, 1.807) is 5.38 Å². The molecule has 3 aromatic carbocycles. The largest absolute Gasteiger partial charge is 0.486 e. The summed E-state index contributed by atoms with van der Waals surface area (Å²) in [6.07, 6.45) is -0.0806. The molecule has 1 heterocycles. The SMILES string of the molecule is CCc1cccc(CNCC(O)C(Cc2cc(F)cc(F)c2)NC(=O)c2csc(COc3ccccc3)n2)c1. The van der Waals surface area contributed by atoms with Gasteiger partial charge in [-0.2, -0.15) is 0 Å². The minimum Gasteiger partial charge on any atom is -0.486 e. The smallest absolute Gasteiger partial charge is 0.271 e. The molecule has 6 nitrogen and oxygen atoms in total. The average molecular weight is 552 g/mol. The molecule has 4 rings (SSSR count). The molecule has 39 heavy (non-hydrogen) atoms. The Morgan fingerprint density at radius 3 is 2.49 bits per heavy atom. The van der Waals surface area contributed by atoms with Crippen molar-refractivity contribution >= 4 is 17.2 Å². The van der Waals surface area contributed by atoms with Crippen molar-refractivity contribution in [2.75, 3.05) is 6.54 Å². The number of aromatic nitrogens is 1. The van der Waals surface area contributed by atoms with Gasteiger partial charge in [-0.3, -0.25) is 4.79 Å². The summed E-state index contributed by atoms with van der Waals surface area (Å²) in [6.45, 7) is 2.98. The van der Waals surface area contributed by atoms with Crippen LogP contribution in [0.15, 0.2) is 78.2 Å². The van der Waals surface area contributed by atoms with E-state index in [0.29, 0.717) is 22.9 Å². The van der Waals surface area contributed by atoms with E-state index in [1.807, 2.05) is 42.5 Å². The Kier molecular flexibility index (Phi) is 10.1. The number of hydrogen-bond acceptors (Lipinski definition) is 6. The number of aliphatic hydroxyl groups excluding tert-OH is 1. The summed E-state index contributed by atoms with van der Waals surface area (Å²) in [7, 11) is 0. The van der Waals surface area contributed by atoms with Crippen LogP contribution >= 0.6 is 11.3 Å². The van der Waals surface area contributed by atoms with Crippen molar-refractivity contribution in [3.63, 3.8) is 0 Å². The predicted molar refractivity (Wildman–Crippen MR) is 148 cm³/mol. The van der Waals surface area contributed by atoms with Gasteiger partial charge in [-0.1, -0.05) is 49.4 Å². The number of carbonyl (C=O) groups excluding carboxylic acids is 1. The lowest BCUT2D eigenvalue weighted by Crippen LogP contribution is -2.48. The molecular weight excluding hydrogens is 520 g/mol. The summed E-state index contributed by atoms with van der Waals surface area (Å²) < 4.78 is 33.4. The molecule has 0 aliphatic rings. The van der Waals surface area contributed by atoms with Crippen LogP contribution in [0.25, 0.3) is 0 Å². The second kappa shape index (κ2) is 13.9. The molecule has 9 heteroatoms. The van der Waals surface area contributed by atoms with Crippen LogP contribution in [0.5, 0.6) is 5.75 Å². The molecule has 0 bridgehead atoms. The fourth-order valence-corrected chi connectivity index (χ4v) is 4.80. The minimum atomic E-state index is -1.03. The lowest BCUT2D eigenvalue weighted by atomic mass is 10.00. The van der Waals surface area contributed by atoms with Crippen molar-refractivity contribution in [3.8, 4) is 5.75 Å². The molecule has 2 unspecified atom stereocenters. The summed E-state index contributed by atoms with van der Waals surface area (Å²) in [4.78, 5) is 17.4. The maximum atomic E-state index is 13.8. The molecule has 0 saturated carbocycles. The lowest BCUT2D eigenvalue weighted by Gasteiger charge is -2.24. The molecule has 2 atom stereocenters. The molecule has 1 amide bonds. The fourth-order valence-electron chi connectivity index (χ4n) is 4.12. The van der Waals surface area contributed by atoms with Crippen LogP contribution in [0.4, 0.5) is 8.78 Å². The Hall–Kier alpha value is -3.66. The first kappa shape index (κ1) is 28.4. The normalized spacial score (nSPS) is 12.6. The number of nitrogens with one attached hydrogen (secondary N) is 2. The highest BCUT2D eigenvalue weighted by molar-refractivity contribution is 7.09. The molecule has 0 saturated heterocycles. The van der Waals surface area contributed by atoms with Gasteiger partial charge in [-0.15, -0.1) is 11.3 Å². The zero-order valence-corrected chi connectivity index (χ0v) is 22.4. The zero-order chi connectivity index (χ0) is 27.6. The Morgan fingerprint density at radius 1 is 1.00 bits per heavy atom. The van der Waals surface area contributed by atoms with Gasteiger partial charge in [0.05, 0.1) is 12.1 Å². The number of benzene rings is 3. The van der Waals surface area contributed by atoms with Crippen molar-refractivity contribution in [2.45, 2.75) is 45.1 Å². The number of para-hydroxylation sites is 1. The summed E-state index contributed by atoms with van der Waals surface area (Å²) in [5.41, 5.74) is 2.79. The van der Waals surface area contributed by atoms with E-state index in [9.17, 15) is 18.7 Å². The average Bonchev–Trinajstić information content (AvgIpc) is 3.41. The summed E-state index contributed by atoms with van der Waals surface area (Å²) >= 11 is 1.28. The Morgan fingerprint density at radius 2 is 1.74 bits per heavy atom. The van der Waals surface area contributed by atoms with Gasteiger partial charge in [0.2, 0.25) is 0 Å². The van der Waals surface area contributed by atoms with E-state index in [1.165, 1.54) is 29.0 Å². The van der Waals surface area contributed by atoms with Crippen molar-refractivity contribution in [3.05, 3.63) is 117 Å². The highest BCUT2D eigenvalue weighted by atomic mass is 32.1. The standard InChI is InChI=1S/C30H31F2N3O3S/c1-2-20-7-6-8-21(11-20)16-33-17-28(36)26(14-22-12-23(31)15-24(32)13-22)35-30(37)27-19-39-29(34-27)18-38-25-9-4-3-5-10-25/h3-13,15,19,26,28,33,36H,2,14,16-18H2,1H3,(H,35,37). The predicted octanol–water partition coefficient (Wildman–Crippen LogP) is 5.05. The van der Waals surface area contributed by atoms with E-state index in [0.717, 1.165) is 18.1 Å². The van der Waals surface area contributed by atoms with E-state index in [4.69, 9.17) is 4.74 Å². The van der Waals surface area contributed by atoms with E-state index >= 15 is 0 Å². The van der Waals surface area contributed by atoms with Gasteiger partial charge in [-0.25, -0.2) is 13.8 Å². The van der Waals surface area contributed by atoms with Gasteiger partial charge in [0.1, 0.15) is 34.7 Å². The molecule has 0 spiro atoms. The first-order valence-electron chi connectivity index (χ1n) is 12.7. The molecule has 204 valence electrons. The maximum Gasteiger partial charge on any atom is 0.271 e. The number of aryl methyl sites for hydroxylation is 1. The van der Waals surface area contributed by atoms with Gasteiger partial charge >= 0.3 is 0 Å². The third-order valence-corrected chi connectivity index (χ3v) is 6.95. The van der Waals surface area contributed by atoms with Crippen LogP contribution in [0.1, 0.15) is 39.1 Å². The van der Waals surface area contributed by atoms with Gasteiger partial charge in [0.15, 0.2) is 0 Å². The van der Waals surface area contributed by atoms with Crippen molar-refractivity contribution in [2.24, 2.45) is 0 Å². The second-order valence-corrected chi connectivity index (χ2v) is 10.1. The fraction of sp³-hybridized carbons (Fsp3) is 0.267. The van der Waals surface area contributed by atoms with Gasteiger partial charge in [-0.05, 0) is 53.8 Å². The minimum absolute atomic E-state index is 0.0305. The topological polar surface area (TPSA) is 83.5 Å². The van der Waals surface area contributed by atoms with E-state index in [-0.39, 0.29) is 25.3 Å². The zero-order valence-electron chi connectivity index (χ0n) is 21.6. The molecule has 0 aliphatic carbocycles. The maximum absolute atomic E-state index is 13.8. The number of halogens is 2. The van der Waals surface area contributed by atoms with Gasteiger partial charge in [0, 0.05) is 24.5 Å². The Bertz CT molecular complexity index is 1350. The summed E-state index contributed by atoms with van der Waals surface area (Å²) in [6, 6.07) is 19.8. The third kappa shape index (κ3) is 8.68. The number of ether oxygens (including phenoxy) is 1. The number of amides is 1. The Labute approximate surface area is 230 Å². The molecule has 0 radical (unpaired) electrons. The number of thiazole rings is 1. The Balaban J connectivity index is 1.41. The molecule has 4 aromatic rings. The van der Waals surface area contributed by atoms with Crippen LogP contribution in [-0.4, -0.2) is 34.7 Å². The molecule has 3 N–H and O–H groups in total.